The lowest BCUT2D eigenvalue weighted by Gasteiger charge is -2.12. The molecule has 1 unspecified atom stereocenters. The van der Waals surface area contributed by atoms with Crippen molar-refractivity contribution < 1.29 is 13.2 Å². The van der Waals surface area contributed by atoms with E-state index >= 15 is 0 Å². The number of nitrogens with one attached hydrogen (secondary N) is 1. The second-order valence-corrected chi connectivity index (χ2v) is 8.30. The molecule has 2 heterocycles. The molecule has 5 nitrogen and oxygen atoms in total. The second-order valence-electron chi connectivity index (χ2n) is 6.07. The van der Waals surface area contributed by atoms with Crippen LogP contribution < -0.4 is 5.32 Å². The van der Waals surface area contributed by atoms with Crippen LogP contribution in [0.3, 0.4) is 0 Å². The first kappa shape index (κ1) is 15.8. The summed E-state index contributed by atoms with van der Waals surface area (Å²) in [6, 6.07) is 9.45. The molecule has 6 heteroatoms. The molecule has 0 bridgehead atoms. The van der Waals surface area contributed by atoms with Gasteiger partial charge in [-0.2, -0.15) is 0 Å². The van der Waals surface area contributed by atoms with Gasteiger partial charge in [-0.3, -0.25) is 4.79 Å². The smallest absolute Gasteiger partial charge is 0.251 e. The number of benzene rings is 1. The lowest BCUT2D eigenvalue weighted by atomic mass is 10.1. The van der Waals surface area contributed by atoms with Crippen LogP contribution in [0.15, 0.2) is 42.7 Å². The molecule has 1 atom stereocenters. The van der Waals surface area contributed by atoms with Crippen molar-refractivity contribution in [3.8, 4) is 5.69 Å². The van der Waals surface area contributed by atoms with Gasteiger partial charge in [-0.1, -0.05) is 6.07 Å². The molecule has 1 saturated heterocycles. The molecular formula is C17H20N2O3S. The van der Waals surface area contributed by atoms with Gasteiger partial charge in [0.05, 0.1) is 11.5 Å². The first-order valence-corrected chi connectivity index (χ1v) is 9.49. The van der Waals surface area contributed by atoms with E-state index in [0.29, 0.717) is 18.5 Å². The Kier molecular flexibility index (Phi) is 4.26. The summed E-state index contributed by atoms with van der Waals surface area (Å²) in [6.07, 6.45) is 4.51. The Morgan fingerprint density at radius 3 is 2.70 bits per heavy atom. The van der Waals surface area contributed by atoms with Crippen LogP contribution >= 0.6 is 0 Å². The number of amides is 1. The first-order valence-electron chi connectivity index (χ1n) is 7.67. The summed E-state index contributed by atoms with van der Waals surface area (Å²) >= 11 is 0. The molecule has 2 aromatic rings. The van der Waals surface area contributed by atoms with E-state index in [9.17, 15) is 13.2 Å². The zero-order valence-corrected chi connectivity index (χ0v) is 13.8. The Morgan fingerprint density at radius 1 is 1.30 bits per heavy atom. The number of nitrogens with zero attached hydrogens (tertiary/aromatic N) is 1. The quantitative estimate of drug-likeness (QED) is 0.930. The number of aryl methyl sites for hydroxylation is 1. The second kappa shape index (κ2) is 6.20. The Morgan fingerprint density at radius 2 is 2.04 bits per heavy atom. The number of hydrogen-bond acceptors (Lipinski definition) is 3. The predicted octanol–water partition coefficient (Wildman–Crippen LogP) is 1.95. The highest BCUT2D eigenvalue weighted by Crippen LogP contribution is 2.19. The van der Waals surface area contributed by atoms with Crippen LogP contribution in [0.25, 0.3) is 5.69 Å². The molecule has 1 fully saturated rings. The van der Waals surface area contributed by atoms with Crippen molar-refractivity contribution in [3.63, 3.8) is 0 Å². The minimum atomic E-state index is -2.90. The summed E-state index contributed by atoms with van der Waals surface area (Å²) in [5.74, 6) is 0.270. The third kappa shape index (κ3) is 3.64. The van der Waals surface area contributed by atoms with Gasteiger partial charge < -0.3 is 9.88 Å². The van der Waals surface area contributed by atoms with E-state index in [0.717, 1.165) is 11.3 Å². The van der Waals surface area contributed by atoms with E-state index in [2.05, 4.69) is 5.32 Å². The van der Waals surface area contributed by atoms with Crippen LogP contribution in [-0.2, 0) is 9.84 Å². The van der Waals surface area contributed by atoms with Gasteiger partial charge in [-0.15, -0.1) is 0 Å². The number of carbonyl (C=O) groups excluding carboxylic acids is 1. The summed E-state index contributed by atoms with van der Waals surface area (Å²) in [5, 5.41) is 2.86. The molecule has 0 saturated carbocycles. The van der Waals surface area contributed by atoms with Gasteiger partial charge in [-0.05, 0) is 49.1 Å². The Balaban J connectivity index is 1.69. The summed E-state index contributed by atoms with van der Waals surface area (Å²) in [6.45, 7) is 2.41. The maximum atomic E-state index is 12.3. The standard InChI is InChI=1S/C17H20N2O3S/c1-13-4-5-15(10-16(13)19-7-2-3-8-19)17(20)18-11-14-6-9-23(21,22)12-14/h2-5,7-8,10,14H,6,9,11-12H2,1H3,(H,18,20). The summed E-state index contributed by atoms with van der Waals surface area (Å²) in [4.78, 5) is 12.3. The zero-order valence-electron chi connectivity index (χ0n) is 13.0. The monoisotopic (exact) mass is 332 g/mol. The summed E-state index contributed by atoms with van der Waals surface area (Å²) < 4.78 is 24.9. The number of hydrogen-bond donors (Lipinski definition) is 1. The normalized spacial score (nSPS) is 19.6. The number of aromatic nitrogens is 1. The molecule has 1 aliphatic heterocycles. The topological polar surface area (TPSA) is 68.2 Å². The highest BCUT2D eigenvalue weighted by atomic mass is 32.2. The highest BCUT2D eigenvalue weighted by Gasteiger charge is 2.28. The fraction of sp³-hybridized carbons (Fsp3) is 0.353. The molecule has 23 heavy (non-hydrogen) atoms. The van der Waals surface area contributed by atoms with Crippen LogP contribution in [0, 0.1) is 12.8 Å². The molecule has 1 aromatic carbocycles. The van der Waals surface area contributed by atoms with Crippen LogP contribution in [0.4, 0.5) is 0 Å². The van der Waals surface area contributed by atoms with E-state index in [1.165, 1.54) is 0 Å². The van der Waals surface area contributed by atoms with Gasteiger partial charge in [0.15, 0.2) is 9.84 Å². The number of carbonyl (C=O) groups is 1. The molecule has 1 aromatic heterocycles. The van der Waals surface area contributed by atoms with Crippen LogP contribution in [0.2, 0.25) is 0 Å². The molecular weight excluding hydrogens is 312 g/mol. The van der Waals surface area contributed by atoms with Crippen molar-refractivity contribution >= 4 is 15.7 Å². The minimum Gasteiger partial charge on any atom is -0.352 e. The van der Waals surface area contributed by atoms with Crippen LogP contribution in [0.1, 0.15) is 22.3 Å². The van der Waals surface area contributed by atoms with E-state index in [1.54, 1.807) is 6.07 Å². The molecule has 0 aliphatic carbocycles. The predicted molar refractivity (Wildman–Crippen MR) is 89.6 cm³/mol. The lowest BCUT2D eigenvalue weighted by molar-refractivity contribution is 0.0948. The molecule has 0 spiro atoms. The van der Waals surface area contributed by atoms with Gasteiger partial charge in [0.1, 0.15) is 0 Å². The zero-order chi connectivity index (χ0) is 16.4. The van der Waals surface area contributed by atoms with Crippen molar-refractivity contribution in [1.29, 1.82) is 0 Å². The van der Waals surface area contributed by atoms with E-state index in [4.69, 9.17) is 0 Å². The molecule has 1 amide bonds. The third-order valence-corrected chi connectivity index (χ3v) is 6.07. The molecule has 3 rings (SSSR count). The van der Waals surface area contributed by atoms with Gasteiger partial charge in [0.2, 0.25) is 0 Å². The van der Waals surface area contributed by atoms with Gasteiger partial charge in [-0.25, -0.2) is 8.42 Å². The fourth-order valence-electron chi connectivity index (χ4n) is 2.90. The number of rotatable bonds is 4. The largest absolute Gasteiger partial charge is 0.352 e. The maximum absolute atomic E-state index is 12.3. The maximum Gasteiger partial charge on any atom is 0.251 e. The Labute approximate surface area is 136 Å². The first-order chi connectivity index (χ1) is 10.9. The van der Waals surface area contributed by atoms with Crippen molar-refractivity contribution in [1.82, 2.24) is 9.88 Å². The molecule has 1 aliphatic rings. The Hall–Kier alpha value is -2.08. The summed E-state index contributed by atoms with van der Waals surface area (Å²) in [5.41, 5.74) is 2.63. The molecule has 122 valence electrons. The lowest BCUT2D eigenvalue weighted by Crippen LogP contribution is -2.29. The van der Waals surface area contributed by atoms with Gasteiger partial charge >= 0.3 is 0 Å². The minimum absolute atomic E-state index is 0.0262. The van der Waals surface area contributed by atoms with Crippen molar-refractivity contribution in [2.75, 3.05) is 18.1 Å². The fourth-order valence-corrected chi connectivity index (χ4v) is 4.76. The van der Waals surface area contributed by atoms with E-state index in [1.807, 2.05) is 48.1 Å². The van der Waals surface area contributed by atoms with E-state index < -0.39 is 9.84 Å². The highest BCUT2D eigenvalue weighted by molar-refractivity contribution is 7.91. The summed E-state index contributed by atoms with van der Waals surface area (Å²) in [7, 11) is -2.90. The van der Waals surface area contributed by atoms with E-state index in [-0.39, 0.29) is 23.3 Å². The third-order valence-electron chi connectivity index (χ3n) is 4.23. The van der Waals surface area contributed by atoms with Crippen LogP contribution in [-0.4, -0.2) is 36.9 Å². The average molecular weight is 332 g/mol. The van der Waals surface area contributed by atoms with Crippen molar-refractivity contribution in [2.45, 2.75) is 13.3 Å². The molecule has 1 N–H and O–H groups in total. The average Bonchev–Trinajstić information content (AvgIpc) is 3.15. The number of sulfone groups is 1. The molecule has 0 radical (unpaired) electrons. The van der Waals surface area contributed by atoms with Gasteiger partial charge in [0.25, 0.3) is 5.91 Å². The van der Waals surface area contributed by atoms with Crippen molar-refractivity contribution in [3.05, 3.63) is 53.9 Å². The van der Waals surface area contributed by atoms with Gasteiger partial charge in [0, 0.05) is 30.2 Å². The Bertz CT molecular complexity index is 810. The van der Waals surface area contributed by atoms with Crippen molar-refractivity contribution in [2.24, 2.45) is 5.92 Å². The SMILES string of the molecule is Cc1ccc(C(=O)NCC2CCS(=O)(=O)C2)cc1-n1cccc1. The van der Waals surface area contributed by atoms with Crippen LogP contribution in [0.5, 0.6) is 0 Å².